The summed E-state index contributed by atoms with van der Waals surface area (Å²) in [7, 11) is 0. The van der Waals surface area contributed by atoms with E-state index in [2.05, 4.69) is 12.6 Å². The summed E-state index contributed by atoms with van der Waals surface area (Å²) < 4.78 is 25.6. The van der Waals surface area contributed by atoms with Gasteiger partial charge in [-0.25, -0.2) is 8.78 Å². The van der Waals surface area contributed by atoms with E-state index in [0.29, 0.717) is 25.1 Å². The van der Waals surface area contributed by atoms with Gasteiger partial charge in [0.15, 0.2) is 11.6 Å². The molecule has 5 heteroatoms. The highest BCUT2D eigenvalue weighted by atomic mass is 32.1. The molecule has 1 unspecified atom stereocenters. The van der Waals surface area contributed by atoms with Gasteiger partial charge in [-0.2, -0.15) is 12.6 Å². The van der Waals surface area contributed by atoms with Gasteiger partial charge in [-0.3, -0.25) is 4.79 Å². The zero-order chi connectivity index (χ0) is 11.7. The van der Waals surface area contributed by atoms with E-state index < -0.39 is 11.6 Å². The second-order valence-corrected chi connectivity index (χ2v) is 4.61. The highest BCUT2D eigenvalue weighted by Crippen LogP contribution is 2.19. The first-order valence-electron chi connectivity index (χ1n) is 4.96. The molecule has 0 saturated carbocycles. The fraction of sp³-hybridized carbons (Fsp3) is 0.364. The summed E-state index contributed by atoms with van der Waals surface area (Å²) >= 11 is 4.22. The molecule has 1 fully saturated rings. The molecule has 0 aliphatic carbocycles. The molecule has 16 heavy (non-hydrogen) atoms. The minimum Gasteiger partial charge on any atom is -0.337 e. The Morgan fingerprint density at radius 3 is 2.69 bits per heavy atom. The predicted octanol–water partition coefficient (Wildman–Crippen LogP) is 2.00. The number of halogens is 2. The first-order valence-corrected chi connectivity index (χ1v) is 5.47. The molecule has 1 atom stereocenters. The van der Waals surface area contributed by atoms with Crippen molar-refractivity contribution in [3.8, 4) is 0 Å². The second-order valence-electron chi connectivity index (χ2n) is 3.88. The smallest absolute Gasteiger partial charge is 0.224 e. The molecule has 0 aromatic heterocycles. The van der Waals surface area contributed by atoms with Gasteiger partial charge in [0.05, 0.1) is 0 Å². The van der Waals surface area contributed by atoms with E-state index in [1.54, 1.807) is 4.90 Å². The fourth-order valence-corrected chi connectivity index (χ4v) is 2.12. The average Bonchev–Trinajstić information content (AvgIpc) is 2.51. The van der Waals surface area contributed by atoms with Gasteiger partial charge in [-0.05, 0) is 17.7 Å². The van der Waals surface area contributed by atoms with Crippen LogP contribution in [0.5, 0.6) is 0 Å². The number of benzene rings is 1. The number of carbonyl (C=O) groups is 1. The molecule has 1 saturated heterocycles. The van der Waals surface area contributed by atoms with Gasteiger partial charge in [-0.1, -0.05) is 6.07 Å². The number of thiol groups is 1. The number of hydrogen-bond donors (Lipinski definition) is 1. The number of hydrogen-bond acceptors (Lipinski definition) is 2. The molecule has 1 amide bonds. The lowest BCUT2D eigenvalue weighted by Gasteiger charge is -2.15. The molecule has 0 radical (unpaired) electrons. The van der Waals surface area contributed by atoms with Gasteiger partial charge in [0, 0.05) is 24.8 Å². The molecule has 0 bridgehead atoms. The first kappa shape index (κ1) is 11.4. The van der Waals surface area contributed by atoms with Crippen molar-refractivity contribution in [3.63, 3.8) is 0 Å². The van der Waals surface area contributed by atoms with Crippen LogP contribution in [-0.4, -0.2) is 22.6 Å². The minimum absolute atomic E-state index is 0.00438. The molecule has 1 heterocycles. The molecule has 0 spiro atoms. The molecular weight excluding hydrogens is 232 g/mol. The Bertz CT molecular complexity index is 424. The number of rotatable bonds is 2. The summed E-state index contributed by atoms with van der Waals surface area (Å²) in [4.78, 5) is 13.1. The van der Waals surface area contributed by atoms with Crippen LogP contribution in [0, 0.1) is 11.6 Å². The molecule has 1 aromatic carbocycles. The Hall–Kier alpha value is -1.10. The van der Waals surface area contributed by atoms with Crippen LogP contribution in [0.1, 0.15) is 12.0 Å². The second kappa shape index (κ2) is 4.41. The molecule has 86 valence electrons. The Morgan fingerprint density at radius 2 is 2.12 bits per heavy atom. The Kier molecular flexibility index (Phi) is 3.14. The Labute approximate surface area is 97.7 Å². The van der Waals surface area contributed by atoms with Crippen molar-refractivity contribution in [1.82, 2.24) is 4.90 Å². The average molecular weight is 243 g/mol. The summed E-state index contributed by atoms with van der Waals surface area (Å²) in [5, 5.41) is 0.0396. The van der Waals surface area contributed by atoms with E-state index in [1.807, 2.05) is 0 Å². The standard InChI is InChI=1S/C11H11F2NOS/c12-9-2-1-7(3-10(9)13)5-14-6-8(16)4-11(14)15/h1-3,8,16H,4-6H2. The molecule has 0 N–H and O–H groups in total. The summed E-state index contributed by atoms with van der Waals surface area (Å²) in [5.41, 5.74) is 0.592. The molecule has 1 aliphatic rings. The van der Waals surface area contributed by atoms with Crippen LogP contribution in [0.15, 0.2) is 18.2 Å². The van der Waals surface area contributed by atoms with Crippen LogP contribution in [0.4, 0.5) is 8.78 Å². The van der Waals surface area contributed by atoms with Crippen molar-refractivity contribution in [2.24, 2.45) is 0 Å². The van der Waals surface area contributed by atoms with Crippen molar-refractivity contribution < 1.29 is 13.6 Å². The summed E-state index contributed by atoms with van der Waals surface area (Å²) in [6.45, 7) is 0.869. The normalized spacial score (nSPS) is 20.6. The third-order valence-electron chi connectivity index (χ3n) is 2.55. The lowest BCUT2D eigenvalue weighted by molar-refractivity contribution is -0.128. The number of nitrogens with zero attached hydrogens (tertiary/aromatic N) is 1. The van der Waals surface area contributed by atoms with Crippen molar-refractivity contribution in [1.29, 1.82) is 0 Å². The van der Waals surface area contributed by atoms with Gasteiger partial charge in [0.1, 0.15) is 0 Å². The monoisotopic (exact) mass is 243 g/mol. The van der Waals surface area contributed by atoms with Gasteiger partial charge in [0.25, 0.3) is 0 Å². The molecular formula is C11H11F2NOS. The van der Waals surface area contributed by atoms with E-state index in [4.69, 9.17) is 0 Å². The Morgan fingerprint density at radius 1 is 1.38 bits per heavy atom. The zero-order valence-corrected chi connectivity index (χ0v) is 9.38. The lowest BCUT2D eigenvalue weighted by Crippen LogP contribution is -2.24. The van der Waals surface area contributed by atoms with E-state index in [1.165, 1.54) is 6.07 Å². The van der Waals surface area contributed by atoms with Crippen LogP contribution < -0.4 is 0 Å². The quantitative estimate of drug-likeness (QED) is 0.788. The molecule has 2 nitrogen and oxygen atoms in total. The van der Waals surface area contributed by atoms with E-state index in [9.17, 15) is 13.6 Å². The van der Waals surface area contributed by atoms with Crippen LogP contribution in [0.25, 0.3) is 0 Å². The van der Waals surface area contributed by atoms with Gasteiger partial charge in [-0.15, -0.1) is 0 Å². The maximum absolute atomic E-state index is 12.9. The molecule has 1 aromatic rings. The van der Waals surface area contributed by atoms with E-state index in [-0.39, 0.29) is 11.2 Å². The third kappa shape index (κ3) is 2.35. The third-order valence-corrected chi connectivity index (χ3v) is 2.90. The van der Waals surface area contributed by atoms with Gasteiger partial charge >= 0.3 is 0 Å². The minimum atomic E-state index is -0.883. The summed E-state index contributed by atoms with van der Waals surface area (Å²) in [6, 6.07) is 3.68. The molecule has 1 aliphatic heterocycles. The maximum atomic E-state index is 12.9. The first-order chi connectivity index (χ1) is 7.56. The molecule has 2 rings (SSSR count). The zero-order valence-electron chi connectivity index (χ0n) is 8.49. The Balaban J connectivity index is 2.09. The van der Waals surface area contributed by atoms with Crippen LogP contribution in [0.2, 0.25) is 0 Å². The highest BCUT2D eigenvalue weighted by Gasteiger charge is 2.26. The maximum Gasteiger partial charge on any atom is 0.224 e. The highest BCUT2D eigenvalue weighted by molar-refractivity contribution is 7.81. The number of amides is 1. The van der Waals surface area contributed by atoms with Crippen LogP contribution in [-0.2, 0) is 11.3 Å². The van der Waals surface area contributed by atoms with Gasteiger partial charge < -0.3 is 4.90 Å². The fourth-order valence-electron chi connectivity index (χ4n) is 1.76. The number of carbonyl (C=O) groups excluding carboxylic acids is 1. The van der Waals surface area contributed by atoms with Gasteiger partial charge in [0.2, 0.25) is 5.91 Å². The topological polar surface area (TPSA) is 20.3 Å². The lowest BCUT2D eigenvalue weighted by atomic mass is 10.2. The largest absolute Gasteiger partial charge is 0.337 e. The van der Waals surface area contributed by atoms with Crippen molar-refractivity contribution in [3.05, 3.63) is 35.4 Å². The van der Waals surface area contributed by atoms with Crippen molar-refractivity contribution >= 4 is 18.5 Å². The van der Waals surface area contributed by atoms with Crippen LogP contribution in [0.3, 0.4) is 0 Å². The van der Waals surface area contributed by atoms with Crippen LogP contribution >= 0.6 is 12.6 Å². The SMILES string of the molecule is O=C1CC(S)CN1Cc1ccc(F)c(F)c1. The summed E-state index contributed by atoms with van der Waals surface area (Å²) in [6.07, 6.45) is 0.410. The number of likely N-dealkylation sites (tertiary alicyclic amines) is 1. The predicted molar refractivity (Wildman–Crippen MR) is 59.2 cm³/mol. The van der Waals surface area contributed by atoms with Crippen molar-refractivity contribution in [2.45, 2.75) is 18.2 Å². The van der Waals surface area contributed by atoms with Crippen molar-refractivity contribution in [2.75, 3.05) is 6.54 Å². The summed E-state index contributed by atoms with van der Waals surface area (Å²) in [5.74, 6) is -1.75. The van der Waals surface area contributed by atoms with E-state index in [0.717, 1.165) is 12.1 Å². The van der Waals surface area contributed by atoms with E-state index >= 15 is 0 Å².